The molecule has 0 fully saturated rings. The summed E-state index contributed by atoms with van der Waals surface area (Å²) in [7, 11) is 0. The van der Waals surface area contributed by atoms with Crippen molar-refractivity contribution in [2.24, 2.45) is 0 Å². The first-order chi connectivity index (χ1) is 11.2. The molecule has 9 heteroatoms. The van der Waals surface area contributed by atoms with E-state index in [0.717, 1.165) is 0 Å². The number of rotatable bonds is 4. The van der Waals surface area contributed by atoms with Gasteiger partial charge in [-0.1, -0.05) is 0 Å². The molecule has 1 aliphatic heterocycles. The summed E-state index contributed by atoms with van der Waals surface area (Å²) in [5.74, 6) is -1.42. The van der Waals surface area contributed by atoms with Crippen molar-refractivity contribution in [2.75, 3.05) is 5.32 Å². The second-order valence-electron chi connectivity index (χ2n) is 6.24. The Kier molecular flexibility index (Phi) is 4.91. The van der Waals surface area contributed by atoms with Crippen molar-refractivity contribution in [2.45, 2.75) is 44.9 Å². The van der Waals surface area contributed by atoms with Gasteiger partial charge < -0.3 is 25.2 Å². The van der Waals surface area contributed by atoms with E-state index < -0.39 is 35.7 Å². The highest BCUT2D eigenvalue weighted by Gasteiger charge is 2.34. The van der Waals surface area contributed by atoms with E-state index in [1.54, 1.807) is 26.8 Å². The van der Waals surface area contributed by atoms with E-state index in [-0.39, 0.29) is 6.42 Å². The molecule has 2 heterocycles. The molecule has 0 saturated heterocycles. The number of alkyl carbamates (subject to hydrolysis) is 1. The minimum Gasteiger partial charge on any atom is -0.480 e. The lowest BCUT2D eigenvalue weighted by molar-refractivity contribution is -0.140. The Morgan fingerprint density at radius 2 is 2.21 bits per heavy atom. The van der Waals surface area contributed by atoms with E-state index in [9.17, 15) is 19.5 Å². The monoisotopic (exact) mass is 337 g/mol. The number of aliphatic carboxylic acids is 1. The number of hydrogen-bond acceptors (Lipinski definition) is 6. The van der Waals surface area contributed by atoms with Crippen molar-refractivity contribution in [1.82, 2.24) is 10.3 Å². The number of ether oxygens (including phenoxy) is 2. The van der Waals surface area contributed by atoms with Gasteiger partial charge in [0, 0.05) is 18.7 Å². The second-order valence-corrected chi connectivity index (χ2v) is 6.24. The molecule has 24 heavy (non-hydrogen) atoms. The number of aromatic nitrogens is 1. The molecule has 1 aromatic rings. The summed E-state index contributed by atoms with van der Waals surface area (Å²) in [6.45, 7) is 4.97. The first-order valence-corrected chi connectivity index (χ1v) is 7.29. The Balaban J connectivity index is 2.04. The lowest BCUT2D eigenvalue weighted by Gasteiger charge is -2.28. The zero-order valence-electron chi connectivity index (χ0n) is 13.5. The SMILES string of the molecule is CC(C)(C)OC(=O)N[C@@H](C[C@@H]1Oc2ccncc2NC1=O)C(=O)O. The zero-order chi connectivity index (χ0) is 17.9. The van der Waals surface area contributed by atoms with Crippen LogP contribution in [-0.4, -0.2) is 45.8 Å². The number of carbonyl (C=O) groups excluding carboxylic acids is 2. The highest BCUT2D eigenvalue weighted by atomic mass is 16.6. The maximum atomic E-state index is 12.0. The van der Waals surface area contributed by atoms with Crippen LogP contribution in [0.25, 0.3) is 0 Å². The van der Waals surface area contributed by atoms with Crippen LogP contribution in [0.15, 0.2) is 18.5 Å². The Morgan fingerprint density at radius 3 is 2.83 bits per heavy atom. The Bertz CT molecular complexity index is 655. The molecular formula is C15H19N3O6. The number of carboxylic acids is 1. The number of amides is 2. The normalized spacial score (nSPS) is 17.8. The van der Waals surface area contributed by atoms with E-state index in [1.165, 1.54) is 12.4 Å². The zero-order valence-corrected chi connectivity index (χ0v) is 13.5. The highest BCUT2D eigenvalue weighted by Crippen LogP contribution is 2.29. The molecule has 1 aromatic heterocycles. The van der Waals surface area contributed by atoms with E-state index in [0.29, 0.717) is 11.4 Å². The summed E-state index contributed by atoms with van der Waals surface area (Å²) in [6, 6.07) is 0.220. The van der Waals surface area contributed by atoms with Crippen LogP contribution in [0.2, 0.25) is 0 Å². The number of nitrogens with one attached hydrogen (secondary N) is 2. The Labute approximate surface area is 138 Å². The quantitative estimate of drug-likeness (QED) is 0.752. The minimum absolute atomic E-state index is 0.248. The van der Waals surface area contributed by atoms with Gasteiger partial charge in [-0.2, -0.15) is 0 Å². The van der Waals surface area contributed by atoms with Crippen LogP contribution in [0.4, 0.5) is 10.5 Å². The summed E-state index contributed by atoms with van der Waals surface area (Å²) in [4.78, 5) is 39.0. The number of fused-ring (bicyclic) bond motifs is 1. The first kappa shape index (κ1) is 17.5. The number of pyridine rings is 1. The molecule has 2 atom stereocenters. The minimum atomic E-state index is -1.33. The van der Waals surface area contributed by atoms with Gasteiger partial charge in [-0.25, -0.2) is 9.59 Å². The molecule has 0 aliphatic carbocycles. The van der Waals surface area contributed by atoms with Crippen LogP contribution in [0.1, 0.15) is 27.2 Å². The van der Waals surface area contributed by atoms with Crippen molar-refractivity contribution in [1.29, 1.82) is 0 Å². The molecule has 0 aromatic carbocycles. The highest BCUT2D eigenvalue weighted by molar-refractivity contribution is 5.98. The molecule has 2 amide bonds. The number of hydrogen-bond donors (Lipinski definition) is 3. The summed E-state index contributed by atoms with van der Waals surface area (Å²) < 4.78 is 10.5. The summed E-state index contributed by atoms with van der Waals surface area (Å²) in [5, 5.41) is 14.1. The first-order valence-electron chi connectivity index (χ1n) is 7.29. The average Bonchev–Trinajstić information content (AvgIpc) is 2.45. The molecule has 0 saturated carbocycles. The number of nitrogens with zero attached hydrogens (tertiary/aromatic N) is 1. The van der Waals surface area contributed by atoms with E-state index in [1.807, 2.05) is 0 Å². The molecule has 1 aliphatic rings. The summed E-state index contributed by atoms with van der Waals surface area (Å²) in [6.07, 6.45) is 0.729. The van der Waals surface area contributed by atoms with Gasteiger partial charge in [0.1, 0.15) is 23.1 Å². The number of carbonyl (C=O) groups is 3. The fraction of sp³-hybridized carbons (Fsp3) is 0.467. The molecule has 9 nitrogen and oxygen atoms in total. The van der Waals surface area contributed by atoms with Crippen LogP contribution in [0.5, 0.6) is 5.75 Å². The van der Waals surface area contributed by atoms with Crippen LogP contribution in [-0.2, 0) is 14.3 Å². The predicted octanol–water partition coefficient (Wildman–Crippen LogP) is 1.15. The second kappa shape index (κ2) is 6.73. The fourth-order valence-corrected chi connectivity index (χ4v) is 2.04. The number of carboxylic acid groups (broad SMARTS) is 1. The maximum Gasteiger partial charge on any atom is 0.408 e. The van der Waals surface area contributed by atoms with Gasteiger partial charge >= 0.3 is 12.1 Å². The molecule has 0 spiro atoms. The van der Waals surface area contributed by atoms with Crippen molar-refractivity contribution in [3.8, 4) is 5.75 Å². The van der Waals surface area contributed by atoms with Gasteiger partial charge in [-0.05, 0) is 20.8 Å². The lowest BCUT2D eigenvalue weighted by Crippen LogP contribution is -2.48. The largest absolute Gasteiger partial charge is 0.480 e. The van der Waals surface area contributed by atoms with Gasteiger partial charge in [0.25, 0.3) is 5.91 Å². The number of anilines is 1. The molecule has 0 radical (unpaired) electrons. The Morgan fingerprint density at radius 1 is 1.50 bits per heavy atom. The van der Waals surface area contributed by atoms with Crippen molar-refractivity contribution in [3.05, 3.63) is 18.5 Å². The standard InChI is InChI=1S/C15H19N3O6/c1-15(2,3)24-14(22)18-8(13(20)21)6-11-12(19)17-9-7-16-5-4-10(9)23-11/h4-5,7-8,11H,6H2,1-3H3,(H,17,19)(H,18,22)(H,20,21)/t8-,11-/m0/s1. The fourth-order valence-electron chi connectivity index (χ4n) is 2.04. The molecule has 0 unspecified atom stereocenters. The van der Waals surface area contributed by atoms with Crippen LogP contribution in [0.3, 0.4) is 0 Å². The van der Waals surface area contributed by atoms with E-state index in [4.69, 9.17) is 9.47 Å². The van der Waals surface area contributed by atoms with Crippen molar-refractivity contribution in [3.63, 3.8) is 0 Å². The van der Waals surface area contributed by atoms with Crippen molar-refractivity contribution < 1.29 is 29.0 Å². The molecule has 0 bridgehead atoms. The predicted molar refractivity (Wildman–Crippen MR) is 82.7 cm³/mol. The maximum absolute atomic E-state index is 12.0. The topological polar surface area (TPSA) is 127 Å². The van der Waals surface area contributed by atoms with E-state index in [2.05, 4.69) is 15.6 Å². The van der Waals surface area contributed by atoms with Crippen LogP contribution >= 0.6 is 0 Å². The van der Waals surface area contributed by atoms with E-state index >= 15 is 0 Å². The molecule has 130 valence electrons. The summed E-state index contributed by atoms with van der Waals surface area (Å²) >= 11 is 0. The summed E-state index contributed by atoms with van der Waals surface area (Å²) in [5.41, 5.74) is -0.358. The van der Waals surface area contributed by atoms with Crippen LogP contribution in [0, 0.1) is 0 Å². The average molecular weight is 337 g/mol. The van der Waals surface area contributed by atoms with Gasteiger partial charge in [0.15, 0.2) is 6.10 Å². The smallest absolute Gasteiger partial charge is 0.408 e. The van der Waals surface area contributed by atoms with Gasteiger partial charge in [-0.15, -0.1) is 0 Å². The third-order valence-corrected chi connectivity index (χ3v) is 3.04. The van der Waals surface area contributed by atoms with Crippen molar-refractivity contribution >= 4 is 23.7 Å². The van der Waals surface area contributed by atoms with Crippen LogP contribution < -0.4 is 15.4 Å². The van der Waals surface area contributed by atoms with Gasteiger partial charge in [-0.3, -0.25) is 9.78 Å². The van der Waals surface area contributed by atoms with Gasteiger partial charge in [0.05, 0.1) is 6.20 Å². The lowest BCUT2D eigenvalue weighted by atomic mass is 10.1. The Hall–Kier alpha value is -2.84. The molecule has 3 N–H and O–H groups in total. The van der Waals surface area contributed by atoms with Gasteiger partial charge in [0.2, 0.25) is 0 Å². The third kappa shape index (κ3) is 4.58. The molecule has 2 rings (SSSR count). The molecular weight excluding hydrogens is 318 g/mol. The third-order valence-electron chi connectivity index (χ3n) is 3.04.